The zero-order chi connectivity index (χ0) is 23.6. The van der Waals surface area contributed by atoms with E-state index in [1.807, 2.05) is 45.9 Å². The summed E-state index contributed by atoms with van der Waals surface area (Å²) in [6.07, 6.45) is 2.72. The highest BCUT2D eigenvalue weighted by atomic mass is 127. The van der Waals surface area contributed by atoms with E-state index in [2.05, 4.69) is 39.6 Å². The first kappa shape index (κ1) is 23.9. The van der Waals surface area contributed by atoms with Crippen molar-refractivity contribution >= 4 is 46.8 Å². The van der Waals surface area contributed by atoms with E-state index in [-0.39, 0.29) is 11.1 Å². The first-order valence-electron chi connectivity index (χ1n) is 11.5. The maximum Gasteiger partial charge on any atom is 0.496 e. The highest BCUT2D eigenvalue weighted by molar-refractivity contribution is 14.1. The molecule has 33 heavy (non-hydrogen) atoms. The number of alkyl halides is 1. The summed E-state index contributed by atoms with van der Waals surface area (Å²) in [7, 11) is -0.758. The molecule has 3 aliphatic rings. The fourth-order valence-corrected chi connectivity index (χ4v) is 6.47. The number of hydrogen-bond acceptors (Lipinski definition) is 4. The van der Waals surface area contributed by atoms with Crippen molar-refractivity contribution in [3.05, 3.63) is 58.4 Å². The molecule has 5 rings (SSSR count). The average Bonchev–Trinajstić information content (AvgIpc) is 3.44. The monoisotopic (exact) mass is 583 g/mol. The molecule has 0 radical (unpaired) electrons. The summed E-state index contributed by atoms with van der Waals surface area (Å²) in [6, 6.07) is 11.9. The number of benzene rings is 2. The van der Waals surface area contributed by atoms with Crippen LogP contribution in [0.1, 0.15) is 51.7 Å². The number of rotatable bonds is 4. The lowest BCUT2D eigenvalue weighted by molar-refractivity contribution is 0.00578. The molecule has 0 unspecified atom stereocenters. The third-order valence-corrected chi connectivity index (χ3v) is 9.13. The van der Waals surface area contributed by atoms with E-state index in [0.717, 1.165) is 35.1 Å². The van der Waals surface area contributed by atoms with E-state index in [0.29, 0.717) is 17.6 Å². The maximum atomic E-state index is 15.1. The number of halogens is 3. The molecule has 3 heterocycles. The van der Waals surface area contributed by atoms with Gasteiger partial charge in [0.1, 0.15) is 11.6 Å². The molecule has 176 valence electrons. The van der Waals surface area contributed by atoms with Crippen molar-refractivity contribution in [3.63, 3.8) is 0 Å². The highest BCUT2D eigenvalue weighted by Crippen LogP contribution is 2.49. The topological polar surface area (TPSA) is 30.9 Å². The molecule has 2 aromatic carbocycles. The van der Waals surface area contributed by atoms with Gasteiger partial charge in [0.2, 0.25) is 0 Å². The van der Waals surface area contributed by atoms with E-state index in [4.69, 9.17) is 25.6 Å². The Labute approximate surface area is 214 Å². The van der Waals surface area contributed by atoms with Crippen LogP contribution >= 0.6 is 34.2 Å². The molecule has 0 amide bonds. The van der Waals surface area contributed by atoms with Crippen LogP contribution in [0.25, 0.3) is 0 Å². The summed E-state index contributed by atoms with van der Waals surface area (Å²) in [5, 5.41) is 0.0527. The van der Waals surface area contributed by atoms with Gasteiger partial charge in [0.05, 0.1) is 26.8 Å². The van der Waals surface area contributed by atoms with Gasteiger partial charge < -0.3 is 14.0 Å². The maximum absolute atomic E-state index is 15.1. The van der Waals surface area contributed by atoms with E-state index >= 15 is 4.39 Å². The molecule has 2 fully saturated rings. The van der Waals surface area contributed by atoms with E-state index in [1.165, 1.54) is 6.07 Å². The lowest BCUT2D eigenvalue weighted by atomic mass is 9.72. The molecule has 2 atom stereocenters. The van der Waals surface area contributed by atoms with Gasteiger partial charge in [-0.2, -0.15) is 0 Å². The SMILES string of the molecule is CC1(C)OB(c2c(Cl)c(F)cc3c2C[C@](c2ccccc2)([C@@H]2CCCN2CI)O3)OC1(C)C. The van der Waals surface area contributed by atoms with Crippen molar-refractivity contribution in [2.45, 2.75) is 69.8 Å². The van der Waals surface area contributed by atoms with Crippen molar-refractivity contribution < 1.29 is 18.4 Å². The van der Waals surface area contributed by atoms with Crippen LogP contribution in [0.2, 0.25) is 5.02 Å². The molecule has 0 saturated carbocycles. The van der Waals surface area contributed by atoms with E-state index in [1.54, 1.807) is 0 Å². The largest absolute Gasteiger partial charge is 0.496 e. The predicted octanol–water partition coefficient (Wildman–Crippen LogP) is 5.47. The zero-order valence-electron chi connectivity index (χ0n) is 19.5. The quantitative estimate of drug-likeness (QED) is 0.207. The minimum absolute atomic E-state index is 0.0527. The summed E-state index contributed by atoms with van der Waals surface area (Å²) < 4.78 is 35.4. The Bertz CT molecular complexity index is 1050. The van der Waals surface area contributed by atoms with Crippen LogP contribution in [0, 0.1) is 5.82 Å². The smallest absolute Gasteiger partial charge is 0.480 e. The van der Waals surface area contributed by atoms with Gasteiger partial charge in [0.15, 0.2) is 5.60 Å². The highest BCUT2D eigenvalue weighted by Gasteiger charge is 2.57. The standard InChI is InChI=1S/C25H29BClFINO3/c1-23(2)24(3,4)33-26(32-23)21-17-14-25(16-9-6-5-7-10-16,20-11-8-12-30(20)15-29)31-19(17)13-18(28)22(21)27/h5-7,9-10,13,20H,8,11-12,14-15H2,1-4H3/t20-,25-/m0/s1. The Balaban J connectivity index is 1.64. The van der Waals surface area contributed by atoms with Crippen LogP contribution in [-0.2, 0) is 21.3 Å². The summed E-state index contributed by atoms with van der Waals surface area (Å²) in [5.74, 6) is 0.0203. The molecular formula is C25H29BClFINO3. The molecule has 3 aliphatic heterocycles. The average molecular weight is 584 g/mol. The van der Waals surface area contributed by atoms with Crippen LogP contribution in [0.15, 0.2) is 36.4 Å². The number of nitrogens with zero attached hydrogens (tertiary/aromatic N) is 1. The van der Waals surface area contributed by atoms with E-state index < -0.39 is 29.7 Å². The van der Waals surface area contributed by atoms with Crippen LogP contribution in [0.4, 0.5) is 4.39 Å². The van der Waals surface area contributed by atoms with Gasteiger partial charge in [0.25, 0.3) is 0 Å². The fourth-order valence-electron chi connectivity index (χ4n) is 5.39. The summed E-state index contributed by atoms with van der Waals surface area (Å²) in [4.78, 5) is 2.46. The number of hydrogen-bond donors (Lipinski definition) is 0. The van der Waals surface area contributed by atoms with Crippen molar-refractivity contribution in [2.75, 3.05) is 11.1 Å². The van der Waals surface area contributed by atoms with Crippen molar-refractivity contribution in [1.82, 2.24) is 4.90 Å². The molecule has 8 heteroatoms. The van der Waals surface area contributed by atoms with Gasteiger partial charge in [-0.1, -0.05) is 64.5 Å². The Morgan fingerprint density at radius 3 is 2.45 bits per heavy atom. The minimum Gasteiger partial charge on any atom is -0.480 e. The van der Waals surface area contributed by atoms with Crippen LogP contribution in [-0.4, -0.2) is 40.4 Å². The Morgan fingerprint density at radius 2 is 1.82 bits per heavy atom. The van der Waals surface area contributed by atoms with Gasteiger partial charge in [-0.25, -0.2) is 4.39 Å². The van der Waals surface area contributed by atoms with Crippen molar-refractivity contribution in [1.29, 1.82) is 0 Å². The summed E-state index contributed by atoms with van der Waals surface area (Å²) >= 11 is 9.02. The third kappa shape index (κ3) is 3.73. The van der Waals surface area contributed by atoms with Crippen LogP contribution < -0.4 is 10.2 Å². The Morgan fingerprint density at radius 1 is 1.15 bits per heavy atom. The number of ether oxygens (including phenoxy) is 1. The Kier molecular flexibility index (Phi) is 6.05. The molecule has 0 N–H and O–H groups in total. The Hall–Kier alpha value is -0.865. The first-order valence-corrected chi connectivity index (χ1v) is 13.4. The van der Waals surface area contributed by atoms with Gasteiger partial charge in [-0.15, -0.1) is 0 Å². The lowest BCUT2D eigenvalue weighted by Crippen LogP contribution is -2.50. The van der Waals surface area contributed by atoms with Crippen molar-refractivity contribution in [2.24, 2.45) is 0 Å². The normalized spacial score (nSPS) is 28.2. The first-order chi connectivity index (χ1) is 15.6. The minimum atomic E-state index is -0.758. The summed E-state index contributed by atoms with van der Waals surface area (Å²) in [5.41, 5.74) is 0.797. The summed E-state index contributed by atoms with van der Waals surface area (Å²) in [6.45, 7) is 8.98. The second kappa shape index (κ2) is 8.37. The molecule has 4 nitrogen and oxygen atoms in total. The van der Waals surface area contributed by atoms with Crippen molar-refractivity contribution in [3.8, 4) is 5.75 Å². The van der Waals surface area contributed by atoms with Gasteiger partial charge >= 0.3 is 7.12 Å². The number of fused-ring (bicyclic) bond motifs is 1. The van der Waals surface area contributed by atoms with Crippen LogP contribution in [0.3, 0.4) is 0 Å². The second-order valence-electron chi connectivity index (χ2n) is 10.3. The predicted molar refractivity (Wildman–Crippen MR) is 138 cm³/mol. The molecule has 0 aromatic heterocycles. The molecule has 0 spiro atoms. The van der Waals surface area contributed by atoms with E-state index in [9.17, 15) is 0 Å². The molecule has 2 aromatic rings. The third-order valence-electron chi connectivity index (χ3n) is 7.86. The van der Waals surface area contributed by atoms with Gasteiger partial charge in [-0.3, -0.25) is 4.90 Å². The van der Waals surface area contributed by atoms with Gasteiger partial charge in [0, 0.05) is 23.5 Å². The van der Waals surface area contributed by atoms with Gasteiger partial charge in [-0.05, 0) is 52.6 Å². The molecular weight excluding hydrogens is 554 g/mol. The molecule has 0 bridgehead atoms. The second-order valence-corrected chi connectivity index (χ2v) is 11.3. The lowest BCUT2D eigenvalue weighted by Gasteiger charge is -2.39. The zero-order valence-corrected chi connectivity index (χ0v) is 22.4. The van der Waals surface area contributed by atoms with Crippen LogP contribution in [0.5, 0.6) is 5.75 Å². The number of likely N-dealkylation sites (tertiary alicyclic amines) is 1. The fraction of sp³-hybridized carbons (Fsp3) is 0.520. The molecule has 2 saturated heterocycles. The molecule has 0 aliphatic carbocycles.